The lowest BCUT2D eigenvalue weighted by molar-refractivity contribution is -0.301. The van der Waals surface area contributed by atoms with Crippen LogP contribution in [0, 0.1) is 0 Å². The Morgan fingerprint density at radius 3 is 0.875 bits per heavy atom. The summed E-state index contributed by atoms with van der Waals surface area (Å²) in [7, 11) is -8.55. The van der Waals surface area contributed by atoms with Crippen LogP contribution in [-0.2, 0) is 40.1 Å². The van der Waals surface area contributed by atoms with Crippen LogP contribution in [0.3, 0.4) is 0 Å². The Kier molecular flexibility index (Phi) is 25.9. The molecule has 0 aromatic rings. The van der Waals surface area contributed by atoms with Crippen molar-refractivity contribution in [2.24, 2.45) is 0 Å². The average molecular weight is 629 g/mol. The molecule has 9 nitrogen and oxygen atoms in total. The fraction of sp³-hybridized carbons (Fsp3) is 1.00. The molecule has 0 rings (SSSR count). The maximum Gasteiger partial charge on any atom is 0.683 e. The van der Waals surface area contributed by atoms with E-state index in [9.17, 15) is 0 Å². The highest BCUT2D eigenvalue weighted by Crippen LogP contribution is 2.30. The first-order chi connectivity index (χ1) is 19.4. The Hall–Kier alpha value is 0.291. The number of rotatable bonds is 31. The second kappa shape index (κ2) is 25.8. The summed E-state index contributed by atoms with van der Waals surface area (Å²) in [6, 6.07) is 0. The van der Waals surface area contributed by atoms with Gasteiger partial charge in [0.1, 0.15) is 9.52 Å². The van der Waals surface area contributed by atoms with Crippen LogP contribution in [0.15, 0.2) is 0 Å². The molecule has 0 fully saturated rings. The van der Waals surface area contributed by atoms with Crippen molar-refractivity contribution in [1.29, 1.82) is 0 Å². The van der Waals surface area contributed by atoms with E-state index < -0.39 is 33.2 Å². The zero-order valence-electron chi connectivity index (χ0n) is 27.3. The zero-order valence-corrected chi connectivity index (χ0v) is 30.7. The van der Waals surface area contributed by atoms with E-state index in [1.54, 1.807) is 0 Å². The van der Waals surface area contributed by atoms with E-state index in [-0.39, 0.29) is 0 Å². The Bertz CT molecular complexity index is 468. The van der Waals surface area contributed by atoms with Gasteiger partial charge in [-0.2, -0.15) is 0 Å². The second-order valence-electron chi connectivity index (χ2n) is 9.89. The van der Waals surface area contributed by atoms with Crippen molar-refractivity contribution >= 4 is 27.6 Å². The van der Waals surface area contributed by atoms with Crippen LogP contribution < -0.4 is 0 Å². The average Bonchev–Trinajstić information content (AvgIpc) is 2.94. The minimum atomic E-state index is -3.67. The van der Waals surface area contributed by atoms with E-state index in [4.69, 9.17) is 40.1 Å². The summed E-state index contributed by atoms with van der Waals surface area (Å²) >= 11 is 0. The van der Waals surface area contributed by atoms with Gasteiger partial charge in [0.15, 0.2) is 0 Å². The molecule has 0 atom stereocenters. The van der Waals surface area contributed by atoms with E-state index >= 15 is 0 Å². The van der Waals surface area contributed by atoms with Crippen molar-refractivity contribution in [2.75, 3.05) is 46.2 Å². The summed E-state index contributed by atoms with van der Waals surface area (Å²) in [5, 5.41) is 0. The summed E-state index contributed by atoms with van der Waals surface area (Å²) in [5.74, 6) is 0. The number of hydrogen-bond donors (Lipinski definition) is 0. The molecule has 0 heterocycles. The van der Waals surface area contributed by atoms with Gasteiger partial charge in [0.05, 0.1) is 0 Å². The van der Waals surface area contributed by atoms with Crippen LogP contribution in [0.2, 0.25) is 6.55 Å². The Labute approximate surface area is 251 Å². The monoisotopic (exact) mass is 628 g/mol. The van der Waals surface area contributed by atoms with Crippen molar-refractivity contribution in [1.82, 2.24) is 0 Å². The van der Waals surface area contributed by atoms with Gasteiger partial charge in [-0.05, 0) is 45.4 Å². The minimum absolute atomic E-state index is 0.369. The molecule has 242 valence electrons. The fourth-order valence-electron chi connectivity index (χ4n) is 3.40. The van der Waals surface area contributed by atoms with Crippen molar-refractivity contribution in [3.63, 3.8) is 0 Å². The lowest BCUT2D eigenvalue weighted by Crippen LogP contribution is -2.65. The van der Waals surface area contributed by atoms with Crippen LogP contribution in [0.1, 0.15) is 126 Å². The fourth-order valence-corrected chi connectivity index (χ4v) is 10.3. The van der Waals surface area contributed by atoms with Gasteiger partial charge in [-0.3, -0.25) is 0 Å². The Morgan fingerprint density at radius 2 is 0.700 bits per heavy atom. The molecule has 12 heteroatoms. The molecule has 0 saturated heterocycles. The first-order valence-electron chi connectivity index (χ1n) is 16.3. The zero-order chi connectivity index (χ0) is 30.0. The highest BCUT2D eigenvalue weighted by molar-refractivity contribution is 6.57. The van der Waals surface area contributed by atoms with Gasteiger partial charge >= 0.3 is 18.1 Å². The lowest BCUT2D eigenvalue weighted by atomic mass is 10.4. The van der Waals surface area contributed by atoms with Gasteiger partial charge in [0, 0.05) is 46.2 Å². The van der Waals surface area contributed by atoms with E-state index in [1.807, 2.05) is 6.92 Å². The number of ether oxygens (including phenoxy) is 1. The lowest BCUT2D eigenvalue weighted by Gasteiger charge is -2.42. The molecule has 0 spiro atoms. The van der Waals surface area contributed by atoms with Crippen molar-refractivity contribution in [2.45, 2.75) is 138 Å². The molecule has 0 aliphatic carbocycles. The van der Waals surface area contributed by atoms with Gasteiger partial charge in [-0.1, -0.05) is 86.6 Å². The molecule has 0 amide bonds. The van der Waals surface area contributed by atoms with Crippen molar-refractivity contribution < 1.29 is 40.1 Å². The molecule has 0 bridgehead atoms. The van der Waals surface area contributed by atoms with Crippen LogP contribution in [-0.4, -0.2) is 79.5 Å². The van der Waals surface area contributed by atoms with E-state index in [0.29, 0.717) is 46.2 Å². The second-order valence-corrected chi connectivity index (χ2v) is 15.6. The number of unbranched alkanes of at least 4 members (excludes halogenated alkanes) is 6. The third-order valence-corrected chi connectivity index (χ3v) is 12.4. The van der Waals surface area contributed by atoms with E-state index in [1.165, 1.54) is 0 Å². The summed E-state index contributed by atoms with van der Waals surface area (Å²) in [6.45, 7) is 20.0. The largest absolute Gasteiger partial charge is 0.683 e. The van der Waals surface area contributed by atoms with Gasteiger partial charge in [0.2, 0.25) is 5.60 Å². The highest BCUT2D eigenvalue weighted by atomic mass is 28.4. The number of hydrogen-bond acceptors (Lipinski definition) is 9. The molecule has 0 saturated carbocycles. The molecule has 0 aromatic heterocycles. The standard InChI is InChI=1S/C28H64O9Si3/c1-9-16-22-30-39(31-23-17-10-2,32-24-18-11-3)36-28(38-8,29-15-7)37-40(33-25-19-12-4,34-26-20-13-5)35-27-21-14-6/h9-27,38H2,1-8H3. The first kappa shape index (κ1) is 40.3. The van der Waals surface area contributed by atoms with Crippen molar-refractivity contribution in [3.05, 3.63) is 0 Å². The first-order valence-corrected chi connectivity index (χ1v) is 21.7. The SMILES string of the molecule is CCCCO[Si](OCCCC)(OCCCC)OC(OCC)(O[Si](OCCCC)(OCCCC)OCCCC)[SiH2]C. The van der Waals surface area contributed by atoms with Crippen LogP contribution in [0.25, 0.3) is 0 Å². The minimum Gasteiger partial charge on any atom is -0.351 e. The molecule has 0 N–H and O–H groups in total. The smallest absolute Gasteiger partial charge is 0.351 e. The predicted octanol–water partition coefficient (Wildman–Crippen LogP) is 6.66. The normalized spacial score (nSPS) is 13.2. The third-order valence-electron chi connectivity index (χ3n) is 6.02. The molecule has 40 heavy (non-hydrogen) atoms. The van der Waals surface area contributed by atoms with Crippen LogP contribution >= 0.6 is 0 Å². The topological polar surface area (TPSA) is 83.1 Å². The molecule has 0 aliphatic rings. The molecule has 0 unspecified atom stereocenters. The Morgan fingerprint density at radius 1 is 0.450 bits per heavy atom. The maximum absolute atomic E-state index is 6.81. The van der Waals surface area contributed by atoms with Gasteiger partial charge < -0.3 is 40.1 Å². The van der Waals surface area contributed by atoms with Gasteiger partial charge in [-0.15, -0.1) is 0 Å². The van der Waals surface area contributed by atoms with Crippen LogP contribution in [0.4, 0.5) is 0 Å². The molecule has 0 aliphatic heterocycles. The third kappa shape index (κ3) is 17.4. The van der Waals surface area contributed by atoms with E-state index in [2.05, 4.69) is 48.1 Å². The summed E-state index contributed by atoms with van der Waals surface area (Å²) in [4.78, 5) is 0. The van der Waals surface area contributed by atoms with Gasteiger partial charge in [0.25, 0.3) is 0 Å². The quantitative estimate of drug-likeness (QED) is 0.0476. The molecular formula is C28H64O9Si3. The summed E-state index contributed by atoms with van der Waals surface area (Å²) in [6.07, 6.45) is 11.2. The highest BCUT2D eigenvalue weighted by Gasteiger charge is 2.59. The van der Waals surface area contributed by atoms with E-state index in [0.717, 1.165) is 77.0 Å². The molecule has 0 radical (unpaired) electrons. The predicted molar refractivity (Wildman–Crippen MR) is 168 cm³/mol. The molecular weight excluding hydrogens is 565 g/mol. The van der Waals surface area contributed by atoms with Crippen molar-refractivity contribution in [3.8, 4) is 0 Å². The maximum atomic E-state index is 6.81. The Balaban J connectivity index is 6.52. The molecule has 0 aromatic carbocycles. The summed E-state index contributed by atoms with van der Waals surface area (Å²) < 4.78 is 58.4. The van der Waals surface area contributed by atoms with Gasteiger partial charge in [-0.25, -0.2) is 0 Å². The van der Waals surface area contributed by atoms with Crippen LogP contribution in [0.5, 0.6) is 0 Å². The summed E-state index contributed by atoms with van der Waals surface area (Å²) in [5.41, 5.74) is -1.44.